The molecule has 0 bridgehead atoms. The molecule has 0 atom stereocenters. The first kappa shape index (κ1) is 12.2. The molecule has 0 spiro atoms. The van der Waals surface area contributed by atoms with Gasteiger partial charge in [0.2, 0.25) is 0 Å². The van der Waals surface area contributed by atoms with Crippen molar-refractivity contribution in [3.05, 3.63) is 35.8 Å². The van der Waals surface area contributed by atoms with E-state index in [0.717, 1.165) is 24.1 Å². The molecule has 2 aromatic heterocycles. The Bertz CT molecular complexity index is 611. The molecule has 2 heterocycles. The second-order valence-corrected chi connectivity index (χ2v) is 5.45. The number of carbonyl (C=O) groups is 1. The largest absolute Gasteiger partial charge is 0.337 e. The van der Waals surface area contributed by atoms with E-state index in [9.17, 15) is 4.79 Å². The zero-order valence-electron chi connectivity index (χ0n) is 11.5. The van der Waals surface area contributed by atoms with Crippen LogP contribution in [0.15, 0.2) is 24.5 Å². The summed E-state index contributed by atoms with van der Waals surface area (Å²) in [6, 6.07) is 4.40. The van der Waals surface area contributed by atoms with Crippen LogP contribution in [0.5, 0.6) is 0 Å². The van der Waals surface area contributed by atoms with Crippen molar-refractivity contribution in [2.24, 2.45) is 0 Å². The molecule has 1 aliphatic carbocycles. The van der Waals surface area contributed by atoms with Crippen LogP contribution in [0, 0.1) is 6.92 Å². The zero-order valence-corrected chi connectivity index (χ0v) is 11.5. The minimum Gasteiger partial charge on any atom is -0.337 e. The molecule has 4 heteroatoms. The molecule has 0 radical (unpaired) electrons. The Balaban J connectivity index is 1.88. The van der Waals surface area contributed by atoms with E-state index in [2.05, 4.69) is 4.98 Å². The number of carbonyl (C=O) groups excluding carboxylic acids is 1. The molecule has 1 fully saturated rings. The predicted molar refractivity (Wildman–Crippen MR) is 74.3 cm³/mol. The van der Waals surface area contributed by atoms with Crippen molar-refractivity contribution in [2.75, 3.05) is 7.05 Å². The van der Waals surface area contributed by atoms with Crippen LogP contribution in [-0.2, 0) is 0 Å². The van der Waals surface area contributed by atoms with Crippen molar-refractivity contribution in [1.82, 2.24) is 14.3 Å². The van der Waals surface area contributed by atoms with Gasteiger partial charge in [-0.2, -0.15) is 0 Å². The number of imidazole rings is 1. The number of hydrogen-bond acceptors (Lipinski definition) is 2. The molecule has 0 saturated heterocycles. The van der Waals surface area contributed by atoms with Crippen molar-refractivity contribution in [3.63, 3.8) is 0 Å². The molecule has 1 amide bonds. The lowest BCUT2D eigenvalue weighted by Gasteiger charge is -2.23. The van der Waals surface area contributed by atoms with E-state index < -0.39 is 0 Å². The van der Waals surface area contributed by atoms with Crippen LogP contribution in [0.1, 0.15) is 41.7 Å². The van der Waals surface area contributed by atoms with Gasteiger partial charge in [0, 0.05) is 25.5 Å². The van der Waals surface area contributed by atoms with Crippen molar-refractivity contribution in [2.45, 2.75) is 38.6 Å². The molecule has 100 valence electrons. The number of aryl methyl sites for hydroxylation is 1. The number of pyridine rings is 1. The smallest absolute Gasteiger partial charge is 0.274 e. The predicted octanol–water partition coefficient (Wildman–Crippen LogP) is 2.66. The summed E-state index contributed by atoms with van der Waals surface area (Å²) in [5.74, 6) is 0.0354. The molecule has 0 aromatic carbocycles. The van der Waals surface area contributed by atoms with Gasteiger partial charge < -0.3 is 9.30 Å². The van der Waals surface area contributed by atoms with E-state index in [1.807, 2.05) is 47.8 Å². The van der Waals surface area contributed by atoms with Gasteiger partial charge in [-0.15, -0.1) is 0 Å². The highest BCUT2D eigenvalue weighted by molar-refractivity contribution is 5.93. The van der Waals surface area contributed by atoms with Crippen LogP contribution in [0.3, 0.4) is 0 Å². The van der Waals surface area contributed by atoms with Crippen molar-refractivity contribution in [1.29, 1.82) is 0 Å². The summed E-state index contributed by atoms with van der Waals surface area (Å²) in [7, 11) is 1.90. The Kier molecular flexibility index (Phi) is 3.01. The van der Waals surface area contributed by atoms with Crippen LogP contribution in [0.4, 0.5) is 0 Å². The molecule has 0 aliphatic heterocycles. The first-order valence-corrected chi connectivity index (χ1v) is 6.87. The van der Waals surface area contributed by atoms with Gasteiger partial charge in [0.1, 0.15) is 11.3 Å². The second-order valence-electron chi connectivity index (χ2n) is 5.45. The maximum absolute atomic E-state index is 12.4. The van der Waals surface area contributed by atoms with Gasteiger partial charge in [0.15, 0.2) is 0 Å². The van der Waals surface area contributed by atoms with Gasteiger partial charge in [-0.1, -0.05) is 12.8 Å². The maximum atomic E-state index is 12.4. The number of fused-ring (bicyclic) bond motifs is 1. The summed E-state index contributed by atoms with van der Waals surface area (Å²) in [5.41, 5.74) is 2.53. The highest BCUT2D eigenvalue weighted by Crippen LogP contribution is 2.23. The third kappa shape index (κ3) is 2.23. The molecular weight excluding hydrogens is 238 g/mol. The molecule has 4 nitrogen and oxygen atoms in total. The third-order valence-corrected chi connectivity index (χ3v) is 4.03. The van der Waals surface area contributed by atoms with Gasteiger partial charge >= 0.3 is 0 Å². The average Bonchev–Trinajstić information content (AvgIpc) is 3.05. The van der Waals surface area contributed by atoms with Gasteiger partial charge in [-0.3, -0.25) is 4.79 Å². The minimum absolute atomic E-state index is 0.0354. The zero-order chi connectivity index (χ0) is 13.4. The van der Waals surface area contributed by atoms with Gasteiger partial charge in [-0.25, -0.2) is 4.98 Å². The SMILES string of the molecule is Cc1ccn2cc(C(=O)N(C)C3CCCC3)nc2c1. The Morgan fingerprint density at radius 2 is 2.16 bits per heavy atom. The van der Waals surface area contributed by atoms with Crippen molar-refractivity contribution in [3.8, 4) is 0 Å². The fourth-order valence-corrected chi connectivity index (χ4v) is 2.82. The van der Waals surface area contributed by atoms with Crippen LogP contribution < -0.4 is 0 Å². The lowest BCUT2D eigenvalue weighted by atomic mass is 10.2. The highest BCUT2D eigenvalue weighted by Gasteiger charge is 2.25. The molecule has 3 rings (SSSR count). The molecule has 0 unspecified atom stereocenters. The number of aromatic nitrogens is 2. The minimum atomic E-state index is 0.0354. The first-order valence-electron chi connectivity index (χ1n) is 6.87. The summed E-state index contributed by atoms with van der Waals surface area (Å²) in [6.45, 7) is 2.03. The Morgan fingerprint density at radius 1 is 1.42 bits per heavy atom. The van der Waals surface area contributed by atoms with Crippen LogP contribution in [0.25, 0.3) is 5.65 Å². The van der Waals surface area contributed by atoms with E-state index >= 15 is 0 Å². The van der Waals surface area contributed by atoms with Gasteiger partial charge in [0.05, 0.1) is 0 Å². The molecule has 2 aromatic rings. The second kappa shape index (κ2) is 4.68. The monoisotopic (exact) mass is 257 g/mol. The Morgan fingerprint density at radius 3 is 2.89 bits per heavy atom. The maximum Gasteiger partial charge on any atom is 0.274 e. The summed E-state index contributed by atoms with van der Waals surface area (Å²) in [6.07, 6.45) is 8.47. The van der Waals surface area contributed by atoms with Crippen molar-refractivity contribution < 1.29 is 4.79 Å². The molecule has 19 heavy (non-hydrogen) atoms. The molecular formula is C15H19N3O. The van der Waals surface area contributed by atoms with Crippen LogP contribution >= 0.6 is 0 Å². The highest BCUT2D eigenvalue weighted by atomic mass is 16.2. The Labute approximate surface area is 113 Å². The molecule has 1 aliphatic rings. The summed E-state index contributed by atoms with van der Waals surface area (Å²) < 4.78 is 1.91. The number of amides is 1. The van der Waals surface area contributed by atoms with Crippen LogP contribution in [0.2, 0.25) is 0 Å². The lowest BCUT2D eigenvalue weighted by molar-refractivity contribution is 0.0730. The molecule has 0 N–H and O–H groups in total. The number of rotatable bonds is 2. The fourth-order valence-electron chi connectivity index (χ4n) is 2.82. The number of hydrogen-bond donors (Lipinski definition) is 0. The van der Waals surface area contributed by atoms with Crippen LogP contribution in [-0.4, -0.2) is 33.3 Å². The topological polar surface area (TPSA) is 37.6 Å². The summed E-state index contributed by atoms with van der Waals surface area (Å²) in [4.78, 5) is 18.7. The normalized spacial score (nSPS) is 16.1. The first-order chi connectivity index (χ1) is 9.15. The quantitative estimate of drug-likeness (QED) is 0.829. The van der Waals surface area contributed by atoms with Gasteiger partial charge in [-0.05, 0) is 37.5 Å². The summed E-state index contributed by atoms with van der Waals surface area (Å²) in [5, 5.41) is 0. The summed E-state index contributed by atoms with van der Waals surface area (Å²) >= 11 is 0. The van der Waals surface area contributed by atoms with Gasteiger partial charge in [0.25, 0.3) is 5.91 Å². The van der Waals surface area contributed by atoms with E-state index in [1.54, 1.807) is 0 Å². The standard InChI is InChI=1S/C15H19N3O/c1-11-7-8-18-10-13(16-14(18)9-11)15(19)17(2)12-5-3-4-6-12/h7-10,12H,3-6H2,1-2H3. The van der Waals surface area contributed by atoms with E-state index in [-0.39, 0.29) is 5.91 Å². The van der Waals surface area contributed by atoms with E-state index in [4.69, 9.17) is 0 Å². The van der Waals surface area contributed by atoms with Crippen molar-refractivity contribution >= 4 is 11.6 Å². The third-order valence-electron chi connectivity index (χ3n) is 4.03. The average molecular weight is 257 g/mol. The fraction of sp³-hybridized carbons (Fsp3) is 0.467. The van der Waals surface area contributed by atoms with E-state index in [1.165, 1.54) is 12.8 Å². The Hall–Kier alpha value is -1.84. The number of nitrogens with zero attached hydrogens (tertiary/aromatic N) is 3. The van der Waals surface area contributed by atoms with E-state index in [0.29, 0.717) is 11.7 Å². The lowest BCUT2D eigenvalue weighted by Crippen LogP contribution is -2.35. The molecule has 1 saturated carbocycles.